The van der Waals surface area contributed by atoms with Crippen LogP contribution in [0, 0.1) is 0 Å². The Morgan fingerprint density at radius 2 is 2.00 bits per heavy atom. The van der Waals surface area contributed by atoms with Gasteiger partial charge in [-0.3, -0.25) is 0 Å². The van der Waals surface area contributed by atoms with Crippen LogP contribution in [-0.4, -0.2) is 36.7 Å². The summed E-state index contributed by atoms with van der Waals surface area (Å²) in [7, 11) is 0. The second-order valence-electron chi connectivity index (χ2n) is 1.80. The third kappa shape index (κ3) is 8.66. The van der Waals surface area contributed by atoms with Crippen LogP contribution in [0.5, 0.6) is 0 Å². The first kappa shape index (κ1) is 10.7. The monoisotopic (exact) mass is 180 g/mol. The molecule has 0 N–H and O–H groups in total. The van der Waals surface area contributed by atoms with Crippen molar-refractivity contribution in [1.29, 1.82) is 0 Å². The molecule has 10 heavy (non-hydrogen) atoms. The highest BCUT2D eigenvalue weighted by Gasteiger charge is 1.87. The van der Waals surface area contributed by atoms with Gasteiger partial charge in [-0.05, 0) is 13.2 Å². The summed E-state index contributed by atoms with van der Waals surface area (Å²) >= 11 is 3.88. The van der Waals surface area contributed by atoms with E-state index >= 15 is 0 Å². The first-order valence-electron chi connectivity index (χ1n) is 3.56. The summed E-state index contributed by atoms with van der Waals surface area (Å²) in [6, 6.07) is 0. The number of hydrogen-bond acceptors (Lipinski definition) is 3. The maximum atomic E-state index is 5.19. The van der Waals surface area contributed by atoms with Gasteiger partial charge >= 0.3 is 0 Å². The van der Waals surface area contributed by atoms with E-state index in [9.17, 15) is 0 Å². The fourth-order valence-corrected chi connectivity index (χ4v) is 2.08. The van der Waals surface area contributed by atoms with Gasteiger partial charge in [0.1, 0.15) is 0 Å². The van der Waals surface area contributed by atoms with E-state index in [-0.39, 0.29) is 0 Å². The second-order valence-corrected chi connectivity index (χ2v) is 4.01. The molecule has 0 atom stereocenters. The van der Waals surface area contributed by atoms with E-state index in [1.807, 2.05) is 30.4 Å². The SMILES string of the molecule is CCOCCSCCSC. The van der Waals surface area contributed by atoms with Crippen LogP contribution >= 0.6 is 23.5 Å². The minimum Gasteiger partial charge on any atom is -0.381 e. The fourth-order valence-electron chi connectivity index (χ4n) is 0.507. The predicted molar refractivity (Wildman–Crippen MR) is 52.2 cm³/mol. The van der Waals surface area contributed by atoms with Gasteiger partial charge in [-0.25, -0.2) is 0 Å². The van der Waals surface area contributed by atoms with E-state index in [4.69, 9.17) is 4.74 Å². The molecule has 3 heteroatoms. The van der Waals surface area contributed by atoms with Crippen molar-refractivity contribution in [3.63, 3.8) is 0 Å². The van der Waals surface area contributed by atoms with E-state index in [0.29, 0.717) is 0 Å². The molecule has 0 saturated carbocycles. The van der Waals surface area contributed by atoms with Crippen LogP contribution in [0.15, 0.2) is 0 Å². The minimum atomic E-state index is 0.850. The lowest BCUT2D eigenvalue weighted by Crippen LogP contribution is -1.97. The van der Waals surface area contributed by atoms with Crippen molar-refractivity contribution >= 4 is 23.5 Å². The molecule has 0 aliphatic carbocycles. The van der Waals surface area contributed by atoms with Gasteiger partial charge in [0.2, 0.25) is 0 Å². The smallest absolute Gasteiger partial charge is 0.0556 e. The molecule has 0 aromatic heterocycles. The summed E-state index contributed by atoms with van der Waals surface area (Å²) in [5.74, 6) is 3.67. The summed E-state index contributed by atoms with van der Waals surface area (Å²) < 4.78 is 5.19. The van der Waals surface area contributed by atoms with Gasteiger partial charge in [-0.2, -0.15) is 23.5 Å². The molecule has 0 unspecified atom stereocenters. The van der Waals surface area contributed by atoms with Gasteiger partial charge in [-0.1, -0.05) is 0 Å². The molecule has 0 aromatic carbocycles. The van der Waals surface area contributed by atoms with Crippen LogP contribution in [0.4, 0.5) is 0 Å². The summed E-state index contributed by atoms with van der Waals surface area (Å²) in [5.41, 5.74) is 0. The van der Waals surface area contributed by atoms with E-state index in [1.165, 1.54) is 11.5 Å². The molecule has 0 saturated heterocycles. The van der Waals surface area contributed by atoms with Crippen molar-refractivity contribution in [3.05, 3.63) is 0 Å². The number of hydrogen-bond donors (Lipinski definition) is 0. The Balaban J connectivity index is 2.65. The van der Waals surface area contributed by atoms with Crippen LogP contribution in [0.1, 0.15) is 6.92 Å². The average molecular weight is 180 g/mol. The van der Waals surface area contributed by atoms with Gasteiger partial charge in [0.15, 0.2) is 0 Å². The minimum absolute atomic E-state index is 0.850. The Morgan fingerprint density at radius 1 is 1.20 bits per heavy atom. The molecule has 0 rings (SSSR count). The summed E-state index contributed by atoms with van der Waals surface area (Å²) in [6.45, 7) is 3.80. The Labute approximate surface area is 72.3 Å². The van der Waals surface area contributed by atoms with Crippen LogP contribution in [0.25, 0.3) is 0 Å². The molecular weight excluding hydrogens is 164 g/mol. The molecule has 0 spiro atoms. The third-order valence-corrected chi connectivity index (χ3v) is 2.83. The lowest BCUT2D eigenvalue weighted by Gasteiger charge is -1.99. The largest absolute Gasteiger partial charge is 0.381 e. The molecule has 0 heterocycles. The Bertz CT molecular complexity index is 51.6. The van der Waals surface area contributed by atoms with Gasteiger partial charge < -0.3 is 4.74 Å². The van der Waals surface area contributed by atoms with Gasteiger partial charge in [-0.15, -0.1) is 0 Å². The van der Waals surface area contributed by atoms with E-state index in [1.54, 1.807) is 0 Å². The van der Waals surface area contributed by atoms with E-state index in [2.05, 4.69) is 6.26 Å². The summed E-state index contributed by atoms with van der Waals surface area (Å²) in [4.78, 5) is 0. The van der Waals surface area contributed by atoms with Crippen LogP contribution < -0.4 is 0 Å². The van der Waals surface area contributed by atoms with Crippen LogP contribution in [-0.2, 0) is 4.74 Å². The predicted octanol–water partition coefficient (Wildman–Crippen LogP) is 2.12. The molecule has 62 valence electrons. The molecule has 0 amide bonds. The Kier molecular flexibility index (Phi) is 10.3. The van der Waals surface area contributed by atoms with E-state index in [0.717, 1.165) is 19.0 Å². The summed E-state index contributed by atoms with van der Waals surface area (Å²) in [6.07, 6.45) is 2.14. The van der Waals surface area contributed by atoms with Crippen molar-refractivity contribution in [3.8, 4) is 0 Å². The molecular formula is C7H16OS2. The maximum absolute atomic E-state index is 5.19. The number of thioether (sulfide) groups is 2. The lowest BCUT2D eigenvalue weighted by atomic mass is 10.8. The molecule has 0 aliphatic rings. The first-order chi connectivity index (χ1) is 4.91. The zero-order valence-electron chi connectivity index (χ0n) is 6.76. The molecule has 0 aromatic rings. The summed E-state index contributed by atoms with van der Waals surface area (Å²) in [5, 5.41) is 0. The quantitative estimate of drug-likeness (QED) is 0.555. The highest BCUT2D eigenvalue weighted by atomic mass is 32.2. The molecule has 0 radical (unpaired) electrons. The van der Waals surface area contributed by atoms with Crippen molar-refractivity contribution in [1.82, 2.24) is 0 Å². The Hall–Kier alpha value is 0.660. The Morgan fingerprint density at radius 3 is 2.60 bits per heavy atom. The zero-order valence-corrected chi connectivity index (χ0v) is 8.39. The molecule has 0 fully saturated rings. The average Bonchev–Trinajstić information content (AvgIpc) is 1.97. The fraction of sp³-hybridized carbons (Fsp3) is 1.00. The van der Waals surface area contributed by atoms with Gasteiger partial charge in [0.05, 0.1) is 6.61 Å². The molecule has 1 nitrogen and oxygen atoms in total. The highest BCUT2D eigenvalue weighted by Crippen LogP contribution is 2.03. The lowest BCUT2D eigenvalue weighted by molar-refractivity contribution is 0.164. The van der Waals surface area contributed by atoms with Gasteiger partial charge in [0.25, 0.3) is 0 Å². The third-order valence-electron chi connectivity index (χ3n) is 1.01. The van der Waals surface area contributed by atoms with Crippen molar-refractivity contribution in [2.24, 2.45) is 0 Å². The number of ether oxygens (including phenoxy) is 1. The van der Waals surface area contributed by atoms with Crippen LogP contribution in [0.3, 0.4) is 0 Å². The zero-order chi connectivity index (χ0) is 7.66. The van der Waals surface area contributed by atoms with Crippen molar-refractivity contribution in [2.45, 2.75) is 6.92 Å². The normalized spacial score (nSPS) is 10.2. The van der Waals surface area contributed by atoms with Crippen molar-refractivity contribution < 1.29 is 4.74 Å². The standard InChI is InChI=1S/C7H16OS2/c1-3-8-4-5-10-7-6-9-2/h3-7H2,1-2H3. The first-order valence-corrected chi connectivity index (χ1v) is 6.11. The number of rotatable bonds is 7. The topological polar surface area (TPSA) is 9.23 Å². The van der Waals surface area contributed by atoms with Gasteiger partial charge in [0, 0.05) is 23.9 Å². The second kappa shape index (κ2) is 9.66. The van der Waals surface area contributed by atoms with Crippen LogP contribution in [0.2, 0.25) is 0 Å². The van der Waals surface area contributed by atoms with E-state index < -0.39 is 0 Å². The highest BCUT2D eigenvalue weighted by molar-refractivity contribution is 8.02. The molecule has 0 aliphatic heterocycles. The van der Waals surface area contributed by atoms with Crippen molar-refractivity contribution in [2.75, 3.05) is 36.7 Å². The molecule has 0 bridgehead atoms. The maximum Gasteiger partial charge on any atom is 0.0556 e.